The molecule has 0 saturated heterocycles. The van der Waals surface area contributed by atoms with Gasteiger partial charge in [0.25, 0.3) is 0 Å². The lowest BCUT2D eigenvalue weighted by Crippen LogP contribution is -2.25. The predicted octanol–water partition coefficient (Wildman–Crippen LogP) is 1.39. The van der Waals surface area contributed by atoms with Gasteiger partial charge in [-0.3, -0.25) is 4.79 Å². The zero-order valence-electron chi connectivity index (χ0n) is 10.3. The summed E-state index contributed by atoms with van der Waals surface area (Å²) in [6, 6.07) is 0. The van der Waals surface area contributed by atoms with Crippen LogP contribution in [0.25, 0.3) is 0 Å². The Bertz CT molecular complexity index is 389. The van der Waals surface area contributed by atoms with Crippen molar-refractivity contribution in [2.45, 2.75) is 32.0 Å². The average Bonchev–Trinajstić information content (AvgIpc) is 2.66. The first-order chi connectivity index (χ1) is 8.19. The Morgan fingerprint density at radius 2 is 2.35 bits per heavy atom. The fourth-order valence-corrected chi connectivity index (χ4v) is 2.08. The Balaban J connectivity index is 2.51. The van der Waals surface area contributed by atoms with Crippen molar-refractivity contribution >= 4 is 17.7 Å². The first kappa shape index (κ1) is 13.8. The number of carbonyl (C=O) groups excluding carboxylic acids is 1. The highest BCUT2D eigenvalue weighted by atomic mass is 32.2. The molecule has 0 fully saturated rings. The minimum absolute atomic E-state index is 0.0302. The smallest absolute Gasteiger partial charge is 0.230 e. The number of hydrogen-bond acceptors (Lipinski definition) is 4. The summed E-state index contributed by atoms with van der Waals surface area (Å²) >= 11 is 1.40. The van der Waals surface area contributed by atoms with E-state index in [9.17, 15) is 4.79 Å². The fourth-order valence-electron chi connectivity index (χ4n) is 1.25. The topological polar surface area (TPSA) is 59.8 Å². The van der Waals surface area contributed by atoms with Gasteiger partial charge < -0.3 is 9.88 Å². The number of rotatable bonds is 7. The highest BCUT2D eigenvalue weighted by Gasteiger charge is 2.10. The molecule has 1 rings (SSSR count). The van der Waals surface area contributed by atoms with E-state index < -0.39 is 0 Å². The maximum absolute atomic E-state index is 11.4. The summed E-state index contributed by atoms with van der Waals surface area (Å²) in [4.78, 5) is 11.4. The van der Waals surface area contributed by atoms with E-state index in [2.05, 4.69) is 22.1 Å². The molecule has 1 heterocycles. The Hall–Kier alpha value is -1.30. The second-order valence-electron chi connectivity index (χ2n) is 3.57. The molecule has 0 radical (unpaired) electrons. The van der Waals surface area contributed by atoms with Gasteiger partial charge in [-0.1, -0.05) is 24.8 Å². The van der Waals surface area contributed by atoms with Crippen molar-refractivity contribution in [3.63, 3.8) is 0 Å². The van der Waals surface area contributed by atoms with Crippen molar-refractivity contribution in [2.75, 3.05) is 12.3 Å². The molecule has 0 aliphatic rings. The normalized spacial score (nSPS) is 10.2. The summed E-state index contributed by atoms with van der Waals surface area (Å²) in [6.07, 6.45) is 2.74. The Morgan fingerprint density at radius 1 is 1.59 bits per heavy atom. The number of nitrogens with one attached hydrogen (secondary N) is 1. The van der Waals surface area contributed by atoms with Gasteiger partial charge in [0.1, 0.15) is 5.82 Å². The van der Waals surface area contributed by atoms with E-state index in [0.29, 0.717) is 12.3 Å². The van der Waals surface area contributed by atoms with Crippen molar-refractivity contribution in [3.8, 4) is 0 Å². The number of nitrogens with zero attached hydrogens (tertiary/aromatic N) is 3. The Morgan fingerprint density at radius 3 is 3.00 bits per heavy atom. The largest absolute Gasteiger partial charge is 0.355 e. The monoisotopic (exact) mass is 254 g/mol. The van der Waals surface area contributed by atoms with E-state index in [1.165, 1.54) is 11.8 Å². The molecule has 6 heteroatoms. The molecule has 1 aromatic rings. The molecular weight excluding hydrogens is 236 g/mol. The molecular formula is C11H18N4OS. The van der Waals surface area contributed by atoms with Crippen LogP contribution in [-0.4, -0.2) is 33.0 Å². The molecule has 0 unspecified atom stereocenters. The fraction of sp³-hybridized carbons (Fsp3) is 0.545. The van der Waals surface area contributed by atoms with Crippen molar-refractivity contribution in [2.24, 2.45) is 0 Å². The summed E-state index contributed by atoms with van der Waals surface area (Å²) in [5.74, 6) is 1.24. The number of thioether (sulfide) groups is 1. The molecule has 94 valence electrons. The van der Waals surface area contributed by atoms with Gasteiger partial charge in [0, 0.05) is 13.1 Å². The SMILES string of the molecule is C=CCn1c(C)nnc1SCC(=O)NCCC. The van der Waals surface area contributed by atoms with Crippen LogP contribution < -0.4 is 5.32 Å². The zero-order chi connectivity index (χ0) is 12.7. The summed E-state index contributed by atoms with van der Waals surface area (Å²) in [5.41, 5.74) is 0. The van der Waals surface area contributed by atoms with Gasteiger partial charge in [-0.2, -0.15) is 0 Å². The molecule has 17 heavy (non-hydrogen) atoms. The molecule has 1 amide bonds. The molecule has 0 spiro atoms. The highest BCUT2D eigenvalue weighted by molar-refractivity contribution is 7.99. The lowest BCUT2D eigenvalue weighted by atomic mass is 10.5. The summed E-state index contributed by atoms with van der Waals surface area (Å²) < 4.78 is 1.94. The van der Waals surface area contributed by atoms with Crippen LogP contribution in [0.5, 0.6) is 0 Å². The van der Waals surface area contributed by atoms with E-state index in [0.717, 1.165) is 23.9 Å². The van der Waals surface area contributed by atoms with Crippen LogP contribution in [0.2, 0.25) is 0 Å². The molecule has 5 nitrogen and oxygen atoms in total. The Labute approximate surface area is 106 Å². The van der Waals surface area contributed by atoms with Gasteiger partial charge in [-0.15, -0.1) is 16.8 Å². The van der Waals surface area contributed by atoms with Crippen LogP contribution in [-0.2, 0) is 11.3 Å². The lowest BCUT2D eigenvalue weighted by Gasteiger charge is -2.05. The molecule has 0 saturated carbocycles. The van der Waals surface area contributed by atoms with Crippen LogP contribution >= 0.6 is 11.8 Å². The average molecular weight is 254 g/mol. The van der Waals surface area contributed by atoms with E-state index in [1.54, 1.807) is 6.08 Å². The summed E-state index contributed by atoms with van der Waals surface area (Å²) in [6.45, 7) is 8.98. The highest BCUT2D eigenvalue weighted by Crippen LogP contribution is 2.16. The molecule has 0 aromatic carbocycles. The van der Waals surface area contributed by atoms with Crippen LogP contribution in [0.4, 0.5) is 0 Å². The lowest BCUT2D eigenvalue weighted by molar-refractivity contribution is -0.118. The third-order valence-corrected chi connectivity index (χ3v) is 3.08. The summed E-state index contributed by atoms with van der Waals surface area (Å²) in [7, 11) is 0. The van der Waals surface area contributed by atoms with E-state index in [1.807, 2.05) is 18.4 Å². The minimum atomic E-state index is 0.0302. The second kappa shape index (κ2) is 7.11. The zero-order valence-corrected chi connectivity index (χ0v) is 11.1. The quantitative estimate of drug-likeness (QED) is 0.590. The van der Waals surface area contributed by atoms with Gasteiger partial charge in [-0.05, 0) is 13.3 Å². The summed E-state index contributed by atoms with van der Waals surface area (Å²) in [5, 5.41) is 11.6. The van der Waals surface area contributed by atoms with Gasteiger partial charge in [-0.25, -0.2) is 0 Å². The number of hydrogen-bond donors (Lipinski definition) is 1. The maximum Gasteiger partial charge on any atom is 0.230 e. The van der Waals surface area contributed by atoms with Crippen molar-refractivity contribution in [3.05, 3.63) is 18.5 Å². The van der Waals surface area contributed by atoms with E-state index in [-0.39, 0.29) is 5.91 Å². The number of allylic oxidation sites excluding steroid dienone is 1. The van der Waals surface area contributed by atoms with Crippen LogP contribution in [0.1, 0.15) is 19.2 Å². The van der Waals surface area contributed by atoms with Crippen LogP contribution in [0.3, 0.4) is 0 Å². The molecule has 1 N–H and O–H groups in total. The van der Waals surface area contributed by atoms with Crippen molar-refractivity contribution < 1.29 is 4.79 Å². The van der Waals surface area contributed by atoms with E-state index >= 15 is 0 Å². The Kier molecular flexibility index (Phi) is 5.76. The van der Waals surface area contributed by atoms with Crippen molar-refractivity contribution in [1.29, 1.82) is 0 Å². The molecule has 0 aliphatic carbocycles. The number of carbonyl (C=O) groups is 1. The first-order valence-electron chi connectivity index (χ1n) is 5.59. The number of aryl methyl sites for hydroxylation is 1. The molecule has 1 aromatic heterocycles. The maximum atomic E-state index is 11.4. The first-order valence-corrected chi connectivity index (χ1v) is 6.57. The molecule has 0 aliphatic heterocycles. The number of amides is 1. The van der Waals surface area contributed by atoms with Crippen molar-refractivity contribution in [1.82, 2.24) is 20.1 Å². The number of aromatic nitrogens is 3. The molecule has 0 atom stereocenters. The minimum Gasteiger partial charge on any atom is -0.355 e. The third-order valence-electron chi connectivity index (χ3n) is 2.12. The van der Waals surface area contributed by atoms with Gasteiger partial charge in [0.2, 0.25) is 5.91 Å². The third kappa shape index (κ3) is 4.22. The van der Waals surface area contributed by atoms with Crippen LogP contribution in [0.15, 0.2) is 17.8 Å². The van der Waals surface area contributed by atoms with Gasteiger partial charge in [0.05, 0.1) is 5.75 Å². The molecule has 0 bridgehead atoms. The van der Waals surface area contributed by atoms with Gasteiger partial charge in [0.15, 0.2) is 5.16 Å². The van der Waals surface area contributed by atoms with E-state index in [4.69, 9.17) is 0 Å². The standard InChI is InChI=1S/C11H18N4OS/c1-4-6-12-10(16)8-17-11-14-13-9(3)15(11)7-5-2/h5H,2,4,6-8H2,1,3H3,(H,12,16). The van der Waals surface area contributed by atoms with Gasteiger partial charge >= 0.3 is 0 Å². The van der Waals surface area contributed by atoms with Crippen LogP contribution in [0, 0.1) is 6.92 Å². The second-order valence-corrected chi connectivity index (χ2v) is 4.51. The predicted molar refractivity (Wildman–Crippen MR) is 69.0 cm³/mol.